The number of nitrogens with one attached hydrogen (secondary N) is 1. The summed E-state index contributed by atoms with van der Waals surface area (Å²) in [5.74, 6) is -0.269. The van der Waals surface area contributed by atoms with E-state index in [1.54, 1.807) is 6.20 Å². The van der Waals surface area contributed by atoms with Gasteiger partial charge in [0.2, 0.25) is 0 Å². The Bertz CT molecular complexity index is 564. The topological polar surface area (TPSA) is 56.1 Å². The van der Waals surface area contributed by atoms with Crippen LogP contribution < -0.4 is 5.32 Å². The van der Waals surface area contributed by atoms with Crippen LogP contribution in [0.15, 0.2) is 43.0 Å². The van der Waals surface area contributed by atoms with Gasteiger partial charge in [0.25, 0.3) is 0 Å². The molecule has 118 valence electrons. The number of esters is 1. The highest BCUT2D eigenvalue weighted by molar-refractivity contribution is 5.89. The van der Waals surface area contributed by atoms with Gasteiger partial charge in [0.05, 0.1) is 18.5 Å². The number of benzene rings is 1. The first kappa shape index (κ1) is 16.2. The average molecular weight is 301 g/mol. The Labute approximate surface area is 131 Å². The lowest BCUT2D eigenvalue weighted by molar-refractivity contribution is 0.0526. The van der Waals surface area contributed by atoms with E-state index in [1.807, 2.05) is 43.7 Å². The molecule has 0 aliphatic heterocycles. The number of aryl methyl sites for hydroxylation is 1. The van der Waals surface area contributed by atoms with Crippen molar-refractivity contribution in [1.29, 1.82) is 0 Å². The fraction of sp³-hybridized carbons (Fsp3) is 0.412. The van der Waals surface area contributed by atoms with Crippen LogP contribution in [0, 0.1) is 0 Å². The number of hydrogen-bond acceptors (Lipinski definition) is 4. The van der Waals surface area contributed by atoms with Crippen LogP contribution in [-0.4, -0.2) is 28.7 Å². The molecule has 1 heterocycles. The summed E-state index contributed by atoms with van der Waals surface area (Å²) < 4.78 is 7.05. The molecule has 22 heavy (non-hydrogen) atoms. The summed E-state index contributed by atoms with van der Waals surface area (Å²) in [6.45, 7) is 6.22. The quantitative estimate of drug-likeness (QED) is 0.602. The second-order valence-corrected chi connectivity index (χ2v) is 5.17. The summed E-state index contributed by atoms with van der Waals surface area (Å²) in [6.07, 6.45) is 6.64. The third-order valence-corrected chi connectivity index (χ3v) is 3.52. The maximum atomic E-state index is 11.6. The third kappa shape index (κ3) is 4.70. The molecule has 1 N–H and O–H groups in total. The molecule has 0 aliphatic carbocycles. The predicted molar refractivity (Wildman–Crippen MR) is 85.7 cm³/mol. The summed E-state index contributed by atoms with van der Waals surface area (Å²) in [4.78, 5) is 15.6. The number of aromatic nitrogens is 2. The first-order valence-corrected chi connectivity index (χ1v) is 7.67. The van der Waals surface area contributed by atoms with Crippen LogP contribution in [-0.2, 0) is 11.3 Å². The van der Waals surface area contributed by atoms with Crippen LogP contribution in [0.25, 0.3) is 0 Å². The van der Waals surface area contributed by atoms with Gasteiger partial charge in [0.1, 0.15) is 0 Å². The number of imidazole rings is 1. The lowest BCUT2D eigenvalue weighted by Gasteiger charge is -2.14. The fourth-order valence-electron chi connectivity index (χ4n) is 2.24. The first-order chi connectivity index (χ1) is 10.7. The zero-order chi connectivity index (χ0) is 15.8. The number of rotatable bonds is 8. The van der Waals surface area contributed by atoms with E-state index in [0.29, 0.717) is 12.2 Å². The van der Waals surface area contributed by atoms with Gasteiger partial charge in [-0.1, -0.05) is 12.1 Å². The maximum Gasteiger partial charge on any atom is 0.338 e. The van der Waals surface area contributed by atoms with E-state index < -0.39 is 0 Å². The summed E-state index contributed by atoms with van der Waals surface area (Å²) in [6, 6.07) is 7.83. The number of carbonyl (C=O) groups excluding carboxylic acids is 1. The molecule has 1 atom stereocenters. The second kappa shape index (κ2) is 8.34. The highest BCUT2D eigenvalue weighted by atomic mass is 16.5. The maximum absolute atomic E-state index is 11.6. The molecule has 2 rings (SSSR count). The Balaban J connectivity index is 1.77. The molecule has 5 heteroatoms. The second-order valence-electron chi connectivity index (χ2n) is 5.17. The SMILES string of the molecule is CCOC(=O)c1ccc(C(C)NCCCn2ccnc2)cc1. The van der Waals surface area contributed by atoms with Crippen molar-refractivity contribution in [2.75, 3.05) is 13.2 Å². The molecule has 1 aromatic heterocycles. The van der Waals surface area contributed by atoms with E-state index in [1.165, 1.54) is 0 Å². The monoisotopic (exact) mass is 301 g/mol. The number of nitrogens with zero attached hydrogens (tertiary/aromatic N) is 2. The molecular weight excluding hydrogens is 278 g/mol. The van der Waals surface area contributed by atoms with Crippen LogP contribution in [0.2, 0.25) is 0 Å². The Morgan fingerprint density at radius 1 is 1.36 bits per heavy atom. The minimum atomic E-state index is -0.269. The van der Waals surface area contributed by atoms with Gasteiger partial charge in [-0.05, 0) is 44.5 Å². The molecular formula is C17H23N3O2. The van der Waals surface area contributed by atoms with E-state index >= 15 is 0 Å². The molecule has 1 aromatic carbocycles. The third-order valence-electron chi connectivity index (χ3n) is 3.52. The van der Waals surface area contributed by atoms with Gasteiger partial charge in [-0.2, -0.15) is 0 Å². The van der Waals surface area contributed by atoms with Gasteiger partial charge < -0.3 is 14.6 Å². The van der Waals surface area contributed by atoms with Crippen molar-refractivity contribution >= 4 is 5.97 Å². The standard InChI is InChI=1S/C17H23N3O2/c1-3-22-17(21)16-7-5-15(6-8-16)14(2)19-9-4-11-20-12-10-18-13-20/h5-8,10,12-14,19H,3-4,9,11H2,1-2H3. The molecule has 0 saturated carbocycles. The van der Waals surface area contributed by atoms with Gasteiger partial charge in [-0.25, -0.2) is 9.78 Å². The Morgan fingerprint density at radius 2 is 2.14 bits per heavy atom. The normalized spacial score (nSPS) is 12.1. The van der Waals surface area contributed by atoms with Gasteiger partial charge in [-0.15, -0.1) is 0 Å². The van der Waals surface area contributed by atoms with E-state index in [0.717, 1.165) is 25.1 Å². The Morgan fingerprint density at radius 3 is 2.77 bits per heavy atom. The molecule has 0 bridgehead atoms. The largest absolute Gasteiger partial charge is 0.462 e. The van der Waals surface area contributed by atoms with E-state index in [2.05, 4.69) is 21.8 Å². The summed E-state index contributed by atoms with van der Waals surface area (Å²) in [5, 5.41) is 3.49. The van der Waals surface area contributed by atoms with Crippen LogP contribution in [0.5, 0.6) is 0 Å². The first-order valence-electron chi connectivity index (χ1n) is 7.67. The lowest BCUT2D eigenvalue weighted by Crippen LogP contribution is -2.21. The van der Waals surface area contributed by atoms with Crippen molar-refractivity contribution in [2.45, 2.75) is 32.9 Å². The Kier molecular flexibility index (Phi) is 6.15. The van der Waals surface area contributed by atoms with E-state index in [-0.39, 0.29) is 12.0 Å². The van der Waals surface area contributed by atoms with Crippen molar-refractivity contribution in [3.05, 3.63) is 54.1 Å². The number of hydrogen-bond donors (Lipinski definition) is 1. The minimum absolute atomic E-state index is 0.249. The predicted octanol–water partition coefficient (Wildman–Crippen LogP) is 2.80. The van der Waals surface area contributed by atoms with Crippen molar-refractivity contribution < 1.29 is 9.53 Å². The molecule has 5 nitrogen and oxygen atoms in total. The average Bonchev–Trinajstić information content (AvgIpc) is 3.05. The van der Waals surface area contributed by atoms with Gasteiger partial charge in [-0.3, -0.25) is 0 Å². The van der Waals surface area contributed by atoms with Gasteiger partial charge in [0, 0.05) is 25.0 Å². The number of ether oxygens (including phenoxy) is 1. The zero-order valence-corrected chi connectivity index (χ0v) is 13.2. The lowest BCUT2D eigenvalue weighted by atomic mass is 10.1. The summed E-state index contributed by atoms with van der Waals surface area (Å²) in [5.41, 5.74) is 1.76. The van der Waals surface area contributed by atoms with Crippen molar-refractivity contribution in [3.63, 3.8) is 0 Å². The van der Waals surface area contributed by atoms with Crippen LogP contribution in [0.4, 0.5) is 0 Å². The molecule has 0 saturated heterocycles. The van der Waals surface area contributed by atoms with Crippen molar-refractivity contribution in [2.24, 2.45) is 0 Å². The van der Waals surface area contributed by atoms with Crippen LogP contribution in [0.3, 0.4) is 0 Å². The van der Waals surface area contributed by atoms with Crippen LogP contribution >= 0.6 is 0 Å². The van der Waals surface area contributed by atoms with Crippen LogP contribution in [0.1, 0.15) is 42.2 Å². The van der Waals surface area contributed by atoms with Gasteiger partial charge in [0.15, 0.2) is 0 Å². The summed E-state index contributed by atoms with van der Waals surface area (Å²) in [7, 11) is 0. The molecule has 2 aromatic rings. The molecule has 0 spiro atoms. The highest BCUT2D eigenvalue weighted by Crippen LogP contribution is 2.14. The molecule has 1 unspecified atom stereocenters. The molecule has 0 amide bonds. The smallest absolute Gasteiger partial charge is 0.338 e. The van der Waals surface area contributed by atoms with Gasteiger partial charge >= 0.3 is 5.97 Å². The summed E-state index contributed by atoms with van der Waals surface area (Å²) >= 11 is 0. The molecule has 0 aliphatic rings. The zero-order valence-electron chi connectivity index (χ0n) is 13.2. The highest BCUT2D eigenvalue weighted by Gasteiger charge is 2.08. The Hall–Kier alpha value is -2.14. The fourth-order valence-corrected chi connectivity index (χ4v) is 2.24. The van der Waals surface area contributed by atoms with Crippen molar-refractivity contribution in [3.8, 4) is 0 Å². The van der Waals surface area contributed by atoms with E-state index in [4.69, 9.17) is 4.74 Å². The molecule has 0 radical (unpaired) electrons. The van der Waals surface area contributed by atoms with E-state index in [9.17, 15) is 4.79 Å². The minimum Gasteiger partial charge on any atom is -0.462 e. The molecule has 0 fully saturated rings. The number of carbonyl (C=O) groups is 1. The van der Waals surface area contributed by atoms with Crippen molar-refractivity contribution in [1.82, 2.24) is 14.9 Å².